The third-order valence-corrected chi connectivity index (χ3v) is 5.95. The molecular formula is C20H30O6. The van der Waals surface area contributed by atoms with Crippen LogP contribution < -0.4 is 0 Å². The molecule has 0 heterocycles. The van der Waals surface area contributed by atoms with Crippen LogP contribution in [0.5, 0.6) is 0 Å². The zero-order valence-corrected chi connectivity index (χ0v) is 15.6. The molecule has 0 radical (unpaired) electrons. The maximum Gasteiger partial charge on any atom is 0.306 e. The van der Waals surface area contributed by atoms with Crippen molar-refractivity contribution in [1.29, 1.82) is 0 Å². The lowest BCUT2D eigenvalue weighted by molar-refractivity contribution is -0.152. The molecule has 6 nitrogen and oxygen atoms in total. The molecule has 1 fully saturated rings. The summed E-state index contributed by atoms with van der Waals surface area (Å²) in [5, 5.41) is 29.5. The standard InChI is InChI=1S/C20H30O6/c1-3-4-5-6-12-17(15(22)7-8-21)16-13(19(24)18(12)23)9-11(2)10-14(16)20(25)26/h11,13-14,16-17,21,23H,3-10H2,1-2H3,(H,25,26)/t11-,13?,14-,16-,17?/m0/s1. The Balaban J connectivity index is 2.49. The number of hydrogen-bond acceptors (Lipinski definition) is 5. The van der Waals surface area contributed by atoms with Crippen molar-refractivity contribution in [1.82, 2.24) is 0 Å². The topological polar surface area (TPSA) is 112 Å². The highest BCUT2D eigenvalue weighted by molar-refractivity contribution is 6.00. The fourth-order valence-electron chi connectivity index (χ4n) is 4.80. The number of allylic oxidation sites excluding steroid dienone is 2. The van der Waals surface area contributed by atoms with Gasteiger partial charge in [-0.05, 0) is 43.1 Å². The summed E-state index contributed by atoms with van der Waals surface area (Å²) in [7, 11) is 0. The van der Waals surface area contributed by atoms with Crippen molar-refractivity contribution in [3.63, 3.8) is 0 Å². The monoisotopic (exact) mass is 366 g/mol. The van der Waals surface area contributed by atoms with Crippen LogP contribution in [-0.2, 0) is 14.4 Å². The smallest absolute Gasteiger partial charge is 0.306 e. The van der Waals surface area contributed by atoms with Gasteiger partial charge in [0.1, 0.15) is 5.78 Å². The van der Waals surface area contributed by atoms with E-state index in [1.165, 1.54) is 0 Å². The normalized spacial score (nSPS) is 31.7. The zero-order valence-electron chi connectivity index (χ0n) is 15.6. The number of Topliss-reactive ketones (excluding diaryl/α,β-unsaturated/α-hetero) is 2. The Labute approximate surface area is 154 Å². The molecule has 6 heteroatoms. The number of carbonyl (C=O) groups excluding carboxylic acids is 2. The number of aliphatic hydroxyl groups is 2. The molecule has 2 aliphatic rings. The highest BCUT2D eigenvalue weighted by atomic mass is 16.4. The second kappa shape index (κ2) is 8.80. The number of unbranched alkanes of at least 4 members (excludes halogenated alkanes) is 2. The molecule has 2 unspecified atom stereocenters. The van der Waals surface area contributed by atoms with Crippen molar-refractivity contribution in [2.75, 3.05) is 6.61 Å². The van der Waals surface area contributed by atoms with E-state index in [1.807, 2.05) is 13.8 Å². The average molecular weight is 366 g/mol. The fraction of sp³-hybridized carbons (Fsp3) is 0.750. The SMILES string of the molecule is CCCCCC1=C(O)C(=O)C2C[C@H](C)C[C@H](C(=O)O)[C@H]2C1C(=O)CCO. The number of carboxylic acid groups (broad SMARTS) is 1. The summed E-state index contributed by atoms with van der Waals surface area (Å²) in [5.41, 5.74) is 0.393. The first-order valence-corrected chi connectivity index (χ1v) is 9.66. The Kier molecular flexibility index (Phi) is 6.98. The summed E-state index contributed by atoms with van der Waals surface area (Å²) < 4.78 is 0. The molecule has 26 heavy (non-hydrogen) atoms. The van der Waals surface area contributed by atoms with Gasteiger partial charge < -0.3 is 15.3 Å². The van der Waals surface area contributed by atoms with Gasteiger partial charge in [-0.15, -0.1) is 0 Å². The molecule has 2 aliphatic carbocycles. The number of aliphatic carboxylic acids is 1. The molecule has 0 bridgehead atoms. The van der Waals surface area contributed by atoms with Crippen molar-refractivity contribution in [2.45, 2.75) is 58.8 Å². The van der Waals surface area contributed by atoms with E-state index in [4.69, 9.17) is 0 Å². The van der Waals surface area contributed by atoms with Crippen LogP contribution in [0.2, 0.25) is 0 Å². The number of hydrogen-bond donors (Lipinski definition) is 3. The molecule has 0 aromatic heterocycles. The maximum atomic E-state index is 12.8. The predicted molar refractivity (Wildman–Crippen MR) is 95.5 cm³/mol. The molecular weight excluding hydrogens is 336 g/mol. The third kappa shape index (κ3) is 4.00. The molecule has 2 rings (SSSR count). The van der Waals surface area contributed by atoms with Gasteiger partial charge in [0.05, 0.1) is 5.92 Å². The molecule has 0 aromatic carbocycles. The molecule has 1 saturated carbocycles. The Morgan fingerprint density at radius 3 is 2.46 bits per heavy atom. The summed E-state index contributed by atoms with van der Waals surface area (Å²) in [6.45, 7) is 3.62. The van der Waals surface area contributed by atoms with Gasteiger partial charge in [0.25, 0.3) is 0 Å². The van der Waals surface area contributed by atoms with E-state index in [-0.39, 0.29) is 30.5 Å². The number of ketones is 2. The van der Waals surface area contributed by atoms with Gasteiger partial charge in [-0.25, -0.2) is 0 Å². The lowest BCUT2D eigenvalue weighted by Gasteiger charge is -2.45. The molecule has 0 amide bonds. The Bertz CT molecular complexity index is 593. The molecule has 146 valence electrons. The Morgan fingerprint density at radius 2 is 1.88 bits per heavy atom. The van der Waals surface area contributed by atoms with Crippen LogP contribution in [0, 0.1) is 29.6 Å². The first kappa shape index (κ1) is 20.6. The summed E-state index contributed by atoms with van der Waals surface area (Å²) in [6.07, 6.45) is 3.83. The molecule has 5 atom stereocenters. The minimum absolute atomic E-state index is 0.0457. The van der Waals surface area contributed by atoms with E-state index in [0.29, 0.717) is 24.8 Å². The highest BCUT2D eigenvalue weighted by Crippen LogP contribution is 2.50. The van der Waals surface area contributed by atoms with E-state index >= 15 is 0 Å². The number of rotatable bonds is 8. The fourth-order valence-corrected chi connectivity index (χ4v) is 4.80. The largest absolute Gasteiger partial charge is 0.504 e. The van der Waals surface area contributed by atoms with Crippen LogP contribution in [0.4, 0.5) is 0 Å². The Hall–Kier alpha value is -1.69. The second-order valence-electron chi connectivity index (χ2n) is 7.82. The first-order valence-electron chi connectivity index (χ1n) is 9.66. The lowest BCUT2D eigenvalue weighted by Crippen LogP contribution is -2.50. The van der Waals surface area contributed by atoms with Crippen molar-refractivity contribution in [2.24, 2.45) is 29.6 Å². The minimum atomic E-state index is -0.990. The number of carbonyl (C=O) groups is 3. The average Bonchev–Trinajstić information content (AvgIpc) is 2.59. The van der Waals surface area contributed by atoms with Crippen molar-refractivity contribution >= 4 is 17.5 Å². The molecule has 3 N–H and O–H groups in total. The van der Waals surface area contributed by atoms with Crippen molar-refractivity contribution in [3.05, 3.63) is 11.3 Å². The Morgan fingerprint density at radius 1 is 1.19 bits per heavy atom. The second-order valence-corrected chi connectivity index (χ2v) is 7.82. The molecule has 0 spiro atoms. The summed E-state index contributed by atoms with van der Waals surface area (Å²) >= 11 is 0. The molecule has 0 saturated heterocycles. The van der Waals surface area contributed by atoms with Gasteiger partial charge in [0, 0.05) is 24.9 Å². The van der Waals surface area contributed by atoms with Gasteiger partial charge in [0.15, 0.2) is 11.5 Å². The van der Waals surface area contributed by atoms with E-state index in [9.17, 15) is 29.7 Å². The number of aliphatic hydroxyl groups excluding tert-OH is 2. The summed E-state index contributed by atoms with van der Waals surface area (Å²) in [6, 6.07) is 0. The predicted octanol–water partition coefficient (Wildman–Crippen LogP) is 2.89. The summed E-state index contributed by atoms with van der Waals surface area (Å²) in [5.74, 6) is -4.78. The highest BCUT2D eigenvalue weighted by Gasteiger charge is 2.53. The van der Waals surface area contributed by atoms with Gasteiger partial charge in [-0.2, -0.15) is 0 Å². The van der Waals surface area contributed by atoms with Crippen molar-refractivity contribution < 1.29 is 29.7 Å². The van der Waals surface area contributed by atoms with Crippen LogP contribution in [-0.4, -0.2) is 39.5 Å². The zero-order chi connectivity index (χ0) is 19.4. The van der Waals surface area contributed by atoms with Crippen LogP contribution in [0.25, 0.3) is 0 Å². The van der Waals surface area contributed by atoms with E-state index in [0.717, 1.165) is 19.3 Å². The van der Waals surface area contributed by atoms with Gasteiger partial charge in [0.2, 0.25) is 0 Å². The van der Waals surface area contributed by atoms with Crippen LogP contribution in [0.1, 0.15) is 58.8 Å². The minimum Gasteiger partial charge on any atom is -0.504 e. The van der Waals surface area contributed by atoms with Crippen molar-refractivity contribution in [3.8, 4) is 0 Å². The van der Waals surface area contributed by atoms with Gasteiger partial charge in [-0.3, -0.25) is 14.4 Å². The lowest BCUT2D eigenvalue weighted by atomic mass is 9.56. The number of carboxylic acids is 1. The molecule has 0 aromatic rings. The number of fused-ring (bicyclic) bond motifs is 1. The van der Waals surface area contributed by atoms with Gasteiger partial charge >= 0.3 is 5.97 Å². The van der Waals surface area contributed by atoms with E-state index in [2.05, 4.69) is 0 Å². The molecule has 0 aliphatic heterocycles. The van der Waals surface area contributed by atoms with E-state index < -0.39 is 35.4 Å². The first-order chi connectivity index (χ1) is 12.3. The van der Waals surface area contributed by atoms with Crippen LogP contribution in [0.15, 0.2) is 11.3 Å². The van der Waals surface area contributed by atoms with Gasteiger partial charge in [-0.1, -0.05) is 26.7 Å². The quantitative estimate of drug-likeness (QED) is 0.570. The van der Waals surface area contributed by atoms with E-state index in [1.54, 1.807) is 0 Å². The van der Waals surface area contributed by atoms with Crippen LogP contribution in [0.3, 0.4) is 0 Å². The third-order valence-electron chi connectivity index (χ3n) is 5.95. The maximum absolute atomic E-state index is 12.8. The summed E-state index contributed by atoms with van der Waals surface area (Å²) in [4.78, 5) is 37.5. The van der Waals surface area contributed by atoms with Crippen LogP contribution >= 0.6 is 0 Å².